The monoisotopic (exact) mass is 454 g/mol. The van der Waals surface area contributed by atoms with Crippen LogP contribution in [-0.2, 0) is 20.9 Å². The van der Waals surface area contributed by atoms with Gasteiger partial charge in [0.05, 0.1) is 19.4 Å². The van der Waals surface area contributed by atoms with E-state index >= 15 is 0 Å². The molecule has 0 saturated carbocycles. The minimum Gasteiger partial charge on any atom is -0.484 e. The first-order valence-corrected chi connectivity index (χ1v) is 10.6. The molecule has 9 heteroatoms. The minimum absolute atomic E-state index is 0.0465. The number of halogens is 1. The van der Waals surface area contributed by atoms with Gasteiger partial charge in [-0.15, -0.1) is 0 Å². The zero-order valence-corrected chi connectivity index (χ0v) is 18.1. The minimum atomic E-state index is -0.387. The van der Waals surface area contributed by atoms with Crippen LogP contribution in [0.1, 0.15) is 5.56 Å². The predicted molar refractivity (Wildman–Crippen MR) is 122 cm³/mol. The molecule has 1 saturated heterocycles. The lowest BCUT2D eigenvalue weighted by molar-refractivity contribution is -0.135. The molecule has 32 heavy (non-hydrogen) atoms. The molecule has 0 spiro atoms. The lowest BCUT2D eigenvalue weighted by atomic mass is 10.2. The first-order valence-electron chi connectivity index (χ1n) is 10.2. The largest absolute Gasteiger partial charge is 0.484 e. The Morgan fingerprint density at radius 3 is 2.66 bits per heavy atom. The third-order valence-corrected chi connectivity index (χ3v) is 5.32. The second-order valence-electron chi connectivity index (χ2n) is 7.26. The van der Waals surface area contributed by atoms with Gasteiger partial charge in [-0.2, -0.15) is 5.10 Å². The number of hydrogen-bond acceptors (Lipinski definition) is 5. The molecule has 2 heterocycles. The quantitative estimate of drug-likeness (QED) is 0.439. The molecule has 1 aliphatic rings. The average Bonchev–Trinajstić information content (AvgIpc) is 3.16. The predicted octanol–water partition coefficient (Wildman–Crippen LogP) is 2.68. The average molecular weight is 455 g/mol. The SMILES string of the molecule is O=C(COc1ccc(Cl)cc1)N/N=C\c1cn(CC(=O)N2CCOCC2)c2ccccc12. The summed E-state index contributed by atoms with van der Waals surface area (Å²) in [6.45, 7) is 2.41. The Morgan fingerprint density at radius 2 is 1.88 bits per heavy atom. The lowest BCUT2D eigenvalue weighted by Gasteiger charge is -2.27. The second-order valence-corrected chi connectivity index (χ2v) is 7.69. The van der Waals surface area contributed by atoms with Gasteiger partial charge >= 0.3 is 0 Å². The number of morpholine rings is 1. The molecule has 0 bridgehead atoms. The van der Waals surface area contributed by atoms with Gasteiger partial charge < -0.3 is 18.9 Å². The number of fused-ring (bicyclic) bond motifs is 1. The van der Waals surface area contributed by atoms with Crippen molar-refractivity contribution >= 4 is 40.5 Å². The third-order valence-electron chi connectivity index (χ3n) is 5.07. The molecule has 166 valence electrons. The summed E-state index contributed by atoms with van der Waals surface area (Å²) in [4.78, 5) is 26.5. The van der Waals surface area contributed by atoms with Gasteiger partial charge in [-0.1, -0.05) is 29.8 Å². The zero-order chi connectivity index (χ0) is 22.3. The van der Waals surface area contributed by atoms with Gasteiger partial charge in [0.15, 0.2) is 6.61 Å². The lowest BCUT2D eigenvalue weighted by Crippen LogP contribution is -2.42. The van der Waals surface area contributed by atoms with Crippen LogP contribution in [0.2, 0.25) is 5.02 Å². The molecule has 1 aliphatic heterocycles. The van der Waals surface area contributed by atoms with E-state index in [2.05, 4.69) is 10.5 Å². The smallest absolute Gasteiger partial charge is 0.277 e. The summed E-state index contributed by atoms with van der Waals surface area (Å²) in [6.07, 6.45) is 3.43. The molecule has 0 aliphatic carbocycles. The van der Waals surface area contributed by atoms with Crippen molar-refractivity contribution in [2.45, 2.75) is 6.54 Å². The van der Waals surface area contributed by atoms with Crippen molar-refractivity contribution in [2.75, 3.05) is 32.9 Å². The summed E-state index contributed by atoms with van der Waals surface area (Å²) < 4.78 is 12.6. The first kappa shape index (κ1) is 21.9. The molecule has 0 atom stereocenters. The van der Waals surface area contributed by atoms with Crippen molar-refractivity contribution < 1.29 is 19.1 Å². The fourth-order valence-corrected chi connectivity index (χ4v) is 3.58. The van der Waals surface area contributed by atoms with Gasteiger partial charge in [0.1, 0.15) is 12.3 Å². The highest BCUT2D eigenvalue weighted by Gasteiger charge is 2.18. The molecular weight excluding hydrogens is 432 g/mol. The molecule has 8 nitrogen and oxygen atoms in total. The Kier molecular flexibility index (Phi) is 7.03. The summed E-state index contributed by atoms with van der Waals surface area (Å²) in [6, 6.07) is 14.5. The standard InChI is InChI=1S/C23H23ClN4O4/c24-18-5-7-19(8-6-18)32-16-22(29)26-25-13-17-14-28(21-4-2-1-3-20(17)21)15-23(30)27-9-11-31-12-10-27/h1-8,13-14H,9-12,15-16H2,(H,26,29)/b25-13-. The van der Waals surface area contributed by atoms with E-state index < -0.39 is 0 Å². The molecule has 2 amide bonds. The summed E-state index contributed by atoms with van der Waals surface area (Å²) in [5.41, 5.74) is 4.18. The number of hydrazone groups is 1. The molecule has 4 rings (SSSR count). The van der Waals surface area contributed by atoms with Crippen LogP contribution in [0.3, 0.4) is 0 Å². The van der Waals surface area contributed by atoms with E-state index in [1.807, 2.05) is 39.9 Å². The number of nitrogens with zero attached hydrogens (tertiary/aromatic N) is 3. The molecule has 1 aromatic heterocycles. The van der Waals surface area contributed by atoms with Crippen LogP contribution in [0, 0.1) is 0 Å². The molecular formula is C23H23ClN4O4. The van der Waals surface area contributed by atoms with Crippen LogP contribution in [-0.4, -0.2) is 60.4 Å². The number of carbonyl (C=O) groups is 2. The molecule has 0 radical (unpaired) electrons. The van der Waals surface area contributed by atoms with Gasteiger partial charge in [-0.05, 0) is 30.3 Å². The van der Waals surface area contributed by atoms with Crippen LogP contribution in [0.5, 0.6) is 5.75 Å². The zero-order valence-electron chi connectivity index (χ0n) is 17.4. The van der Waals surface area contributed by atoms with Crippen LogP contribution in [0.25, 0.3) is 10.9 Å². The van der Waals surface area contributed by atoms with Gasteiger partial charge in [0.2, 0.25) is 5.91 Å². The van der Waals surface area contributed by atoms with Crippen LogP contribution >= 0.6 is 11.6 Å². The Bertz CT molecular complexity index is 1120. The van der Waals surface area contributed by atoms with Crippen LogP contribution in [0.4, 0.5) is 0 Å². The van der Waals surface area contributed by atoms with E-state index in [0.717, 1.165) is 16.5 Å². The van der Waals surface area contributed by atoms with Gasteiger partial charge in [-0.25, -0.2) is 5.43 Å². The number of aromatic nitrogens is 1. The van der Waals surface area contributed by atoms with Crippen molar-refractivity contribution in [3.05, 3.63) is 65.3 Å². The maximum absolute atomic E-state index is 12.7. The van der Waals surface area contributed by atoms with Crippen molar-refractivity contribution in [1.82, 2.24) is 14.9 Å². The number of rotatable bonds is 7. The van der Waals surface area contributed by atoms with Gasteiger partial charge in [-0.3, -0.25) is 9.59 Å². The second kappa shape index (κ2) is 10.3. The normalized spacial score (nSPS) is 14.1. The molecule has 3 aromatic rings. The maximum Gasteiger partial charge on any atom is 0.277 e. The van der Waals surface area contributed by atoms with Crippen molar-refractivity contribution in [2.24, 2.45) is 5.10 Å². The summed E-state index contributed by atoms with van der Waals surface area (Å²) in [5, 5.41) is 5.59. The van der Waals surface area contributed by atoms with E-state index in [4.69, 9.17) is 21.1 Å². The number of para-hydroxylation sites is 1. The Morgan fingerprint density at radius 1 is 1.12 bits per heavy atom. The van der Waals surface area contributed by atoms with E-state index in [1.165, 1.54) is 0 Å². The number of hydrogen-bond donors (Lipinski definition) is 1. The van der Waals surface area contributed by atoms with E-state index in [0.29, 0.717) is 37.1 Å². The van der Waals surface area contributed by atoms with E-state index in [-0.39, 0.29) is 25.0 Å². The highest BCUT2D eigenvalue weighted by molar-refractivity contribution is 6.30. The summed E-state index contributed by atoms with van der Waals surface area (Å²) in [7, 11) is 0. The molecule has 2 aromatic carbocycles. The Labute approximate surface area is 190 Å². The fraction of sp³-hybridized carbons (Fsp3) is 0.261. The van der Waals surface area contributed by atoms with Crippen molar-refractivity contribution in [3.8, 4) is 5.75 Å². The number of ether oxygens (including phenoxy) is 2. The van der Waals surface area contributed by atoms with Crippen molar-refractivity contribution in [1.29, 1.82) is 0 Å². The molecule has 0 unspecified atom stereocenters. The highest BCUT2D eigenvalue weighted by atomic mass is 35.5. The van der Waals surface area contributed by atoms with E-state index in [1.54, 1.807) is 30.5 Å². The topological polar surface area (TPSA) is 85.2 Å². The Balaban J connectivity index is 1.39. The number of carbonyl (C=O) groups excluding carboxylic acids is 2. The maximum atomic E-state index is 12.7. The number of amides is 2. The summed E-state index contributed by atoms with van der Waals surface area (Å²) in [5.74, 6) is 0.203. The van der Waals surface area contributed by atoms with E-state index in [9.17, 15) is 9.59 Å². The van der Waals surface area contributed by atoms with Crippen molar-refractivity contribution in [3.63, 3.8) is 0 Å². The number of nitrogens with one attached hydrogen (secondary N) is 1. The first-order chi connectivity index (χ1) is 15.6. The third kappa shape index (κ3) is 5.46. The summed E-state index contributed by atoms with van der Waals surface area (Å²) >= 11 is 5.83. The molecule has 1 fully saturated rings. The van der Waals surface area contributed by atoms with Gasteiger partial charge in [0, 0.05) is 40.8 Å². The molecule has 1 N–H and O–H groups in total. The van der Waals surface area contributed by atoms with Gasteiger partial charge in [0.25, 0.3) is 5.91 Å². The van der Waals surface area contributed by atoms with Crippen LogP contribution in [0.15, 0.2) is 59.8 Å². The van der Waals surface area contributed by atoms with Crippen LogP contribution < -0.4 is 10.2 Å². The fourth-order valence-electron chi connectivity index (χ4n) is 3.45. The number of benzene rings is 2. The Hall–Kier alpha value is -3.36. The highest BCUT2D eigenvalue weighted by Crippen LogP contribution is 2.20.